The summed E-state index contributed by atoms with van der Waals surface area (Å²) in [7, 11) is 6.15. The Hall–Kier alpha value is -2.33. The van der Waals surface area contributed by atoms with Gasteiger partial charge < -0.3 is 19.6 Å². The van der Waals surface area contributed by atoms with Crippen LogP contribution in [0.25, 0.3) is 0 Å². The van der Waals surface area contributed by atoms with E-state index in [9.17, 15) is 10.4 Å². The molecule has 0 aromatic rings. The molecule has 0 saturated carbocycles. The van der Waals surface area contributed by atoms with Crippen LogP contribution in [0.15, 0.2) is 59.1 Å². The smallest absolute Gasteiger partial charge is 0.129 e. The van der Waals surface area contributed by atoms with Gasteiger partial charge in [0.05, 0.1) is 12.7 Å². The lowest BCUT2D eigenvalue weighted by Crippen LogP contribution is -2.37. The van der Waals surface area contributed by atoms with Gasteiger partial charge in [-0.2, -0.15) is 5.26 Å². The first-order valence-corrected chi connectivity index (χ1v) is 15.9. The summed E-state index contributed by atoms with van der Waals surface area (Å²) < 4.78 is 6.39. The Bertz CT molecular complexity index is 925. The molecule has 0 bridgehead atoms. The minimum atomic E-state index is -0.548. The van der Waals surface area contributed by atoms with Gasteiger partial charge in [0.15, 0.2) is 0 Å². The molecule has 1 rings (SSSR count). The van der Waals surface area contributed by atoms with E-state index in [1.807, 2.05) is 24.9 Å². The van der Waals surface area contributed by atoms with Crippen molar-refractivity contribution in [1.82, 2.24) is 14.7 Å². The van der Waals surface area contributed by atoms with Crippen LogP contribution in [0.4, 0.5) is 0 Å². The van der Waals surface area contributed by atoms with Crippen molar-refractivity contribution in [3.8, 4) is 6.07 Å². The van der Waals surface area contributed by atoms with Crippen molar-refractivity contribution in [2.75, 3.05) is 53.9 Å². The summed E-state index contributed by atoms with van der Waals surface area (Å²) in [6.45, 7) is 15.1. The molecular formula is C35H60N4O2. The first-order valence-electron chi connectivity index (χ1n) is 15.9. The number of ether oxygens (including phenoxy) is 1. The van der Waals surface area contributed by atoms with E-state index in [0.717, 1.165) is 62.3 Å². The van der Waals surface area contributed by atoms with Gasteiger partial charge in [0.1, 0.15) is 12.0 Å². The number of hydrogen-bond acceptors (Lipinski definition) is 6. The Labute approximate surface area is 252 Å². The van der Waals surface area contributed by atoms with Crippen LogP contribution < -0.4 is 0 Å². The highest BCUT2D eigenvalue weighted by Crippen LogP contribution is 2.22. The Morgan fingerprint density at radius 3 is 2.49 bits per heavy atom. The fourth-order valence-corrected chi connectivity index (χ4v) is 5.01. The zero-order valence-corrected chi connectivity index (χ0v) is 27.5. The number of likely N-dealkylation sites (tertiary alicyclic amines) is 1. The number of likely N-dealkylation sites (N-methyl/N-ethyl adjacent to an activating group) is 1. The fraction of sp³-hybridized carbons (Fsp3) is 0.686. The van der Waals surface area contributed by atoms with Crippen LogP contribution in [0.3, 0.4) is 0 Å². The second-order valence-corrected chi connectivity index (χ2v) is 11.7. The van der Waals surface area contributed by atoms with Gasteiger partial charge in [-0.05, 0) is 96.2 Å². The third kappa shape index (κ3) is 15.5. The van der Waals surface area contributed by atoms with Crippen molar-refractivity contribution >= 4 is 0 Å². The van der Waals surface area contributed by atoms with Crippen LogP contribution in [-0.4, -0.2) is 80.0 Å². The number of aliphatic hydroxyl groups excluding tert-OH is 1. The molecule has 1 aliphatic rings. The van der Waals surface area contributed by atoms with Crippen molar-refractivity contribution in [2.45, 2.75) is 92.2 Å². The predicted molar refractivity (Wildman–Crippen MR) is 174 cm³/mol. The van der Waals surface area contributed by atoms with Gasteiger partial charge in [0, 0.05) is 44.4 Å². The third-order valence-electron chi connectivity index (χ3n) is 8.05. The molecule has 3 atom stereocenters. The molecule has 0 radical (unpaired) electrons. The number of allylic oxidation sites excluding steroid dienone is 7. The molecule has 0 aromatic carbocycles. The van der Waals surface area contributed by atoms with Crippen molar-refractivity contribution < 1.29 is 9.84 Å². The minimum Gasteiger partial charge on any atom is -0.494 e. The molecule has 0 spiro atoms. The van der Waals surface area contributed by atoms with Gasteiger partial charge in [-0.1, -0.05) is 57.9 Å². The first-order chi connectivity index (χ1) is 19.6. The molecule has 0 aromatic heterocycles. The largest absolute Gasteiger partial charge is 0.494 e. The maximum atomic E-state index is 10.8. The van der Waals surface area contributed by atoms with E-state index < -0.39 is 6.23 Å². The van der Waals surface area contributed by atoms with E-state index in [1.165, 1.54) is 31.4 Å². The summed E-state index contributed by atoms with van der Waals surface area (Å²) in [5, 5.41) is 20.0. The summed E-state index contributed by atoms with van der Waals surface area (Å²) in [5.74, 6) is 1.70. The second-order valence-electron chi connectivity index (χ2n) is 11.7. The SMILES string of the molecule is CC/C=C/C(=CC/C=C(/C#N)CC)OCC1CCCCCN(CC(/C=C(\C)C(O)N(C)CC)C/C=C(\C)N(C)C)C1. The van der Waals surface area contributed by atoms with E-state index >= 15 is 0 Å². The molecule has 232 valence electrons. The molecule has 0 amide bonds. The van der Waals surface area contributed by atoms with E-state index in [4.69, 9.17) is 4.74 Å². The lowest BCUT2D eigenvalue weighted by atomic mass is 9.95. The minimum absolute atomic E-state index is 0.327. The van der Waals surface area contributed by atoms with Crippen LogP contribution >= 0.6 is 0 Å². The highest BCUT2D eigenvalue weighted by atomic mass is 16.5. The zero-order valence-electron chi connectivity index (χ0n) is 27.5. The van der Waals surface area contributed by atoms with Crippen LogP contribution in [0, 0.1) is 23.2 Å². The number of rotatable bonds is 17. The standard InChI is InChI=1S/C35H60N4O2/c1-9-12-19-34(20-16-18-31(10-2)25-36)41-28-33-17-14-13-15-23-39(27-33)26-32(22-21-30(5)37(6)7)24-29(4)35(40)38(8)11-3/h12,18-21,24,32-33,35,40H,9-11,13-17,22-23,26-28H2,1-8H3/b19-12+,29-24+,30-21+,31-18+,34-20?. The lowest BCUT2D eigenvalue weighted by Gasteiger charge is -2.32. The molecule has 1 saturated heterocycles. The molecule has 6 nitrogen and oxygen atoms in total. The van der Waals surface area contributed by atoms with Gasteiger partial charge in [0.2, 0.25) is 0 Å². The molecule has 0 aliphatic carbocycles. The number of aliphatic hydroxyl groups is 1. The summed E-state index contributed by atoms with van der Waals surface area (Å²) in [4.78, 5) is 6.77. The predicted octanol–water partition coefficient (Wildman–Crippen LogP) is 7.28. The van der Waals surface area contributed by atoms with Gasteiger partial charge in [0.25, 0.3) is 0 Å². The number of nitrogens with zero attached hydrogens (tertiary/aromatic N) is 4. The van der Waals surface area contributed by atoms with E-state index in [0.29, 0.717) is 24.9 Å². The highest BCUT2D eigenvalue weighted by Gasteiger charge is 2.21. The maximum Gasteiger partial charge on any atom is 0.129 e. The lowest BCUT2D eigenvalue weighted by molar-refractivity contribution is 0.0562. The summed E-state index contributed by atoms with van der Waals surface area (Å²) in [6.07, 6.45) is 20.7. The summed E-state index contributed by atoms with van der Waals surface area (Å²) >= 11 is 0. The van der Waals surface area contributed by atoms with Crippen molar-refractivity contribution in [3.05, 3.63) is 59.1 Å². The van der Waals surface area contributed by atoms with E-state index in [-0.39, 0.29) is 0 Å². The average molecular weight is 569 g/mol. The molecule has 41 heavy (non-hydrogen) atoms. The Morgan fingerprint density at radius 2 is 1.85 bits per heavy atom. The van der Waals surface area contributed by atoms with Gasteiger partial charge in [-0.25, -0.2) is 0 Å². The molecule has 1 N–H and O–H groups in total. The fourth-order valence-electron chi connectivity index (χ4n) is 5.01. The van der Waals surface area contributed by atoms with E-state index in [1.54, 1.807) is 0 Å². The number of hydrogen-bond donors (Lipinski definition) is 1. The van der Waals surface area contributed by atoms with Crippen LogP contribution in [0.1, 0.15) is 86.0 Å². The highest BCUT2D eigenvalue weighted by molar-refractivity contribution is 5.22. The van der Waals surface area contributed by atoms with Crippen LogP contribution in [0.2, 0.25) is 0 Å². The van der Waals surface area contributed by atoms with Crippen LogP contribution in [-0.2, 0) is 4.74 Å². The monoisotopic (exact) mass is 568 g/mol. The van der Waals surface area contributed by atoms with Crippen molar-refractivity contribution in [2.24, 2.45) is 11.8 Å². The molecule has 3 unspecified atom stereocenters. The average Bonchev–Trinajstić information content (AvgIpc) is 2.95. The summed E-state index contributed by atoms with van der Waals surface area (Å²) in [5.41, 5.74) is 3.11. The maximum absolute atomic E-state index is 10.8. The zero-order chi connectivity index (χ0) is 30.6. The van der Waals surface area contributed by atoms with Crippen LogP contribution in [0.5, 0.6) is 0 Å². The van der Waals surface area contributed by atoms with Gasteiger partial charge in [-0.15, -0.1) is 0 Å². The topological polar surface area (TPSA) is 63.0 Å². The summed E-state index contributed by atoms with van der Waals surface area (Å²) in [6, 6.07) is 2.27. The molecule has 1 aliphatic heterocycles. The van der Waals surface area contributed by atoms with Gasteiger partial charge >= 0.3 is 0 Å². The molecule has 1 heterocycles. The molecule has 1 fully saturated rings. The first kappa shape index (κ1) is 36.7. The Morgan fingerprint density at radius 1 is 1.10 bits per heavy atom. The van der Waals surface area contributed by atoms with E-state index in [2.05, 4.69) is 88.0 Å². The molecular weight excluding hydrogens is 508 g/mol. The second kappa shape index (κ2) is 21.4. The van der Waals surface area contributed by atoms with Gasteiger partial charge in [-0.3, -0.25) is 4.90 Å². The number of nitriles is 1. The Kier molecular flexibility index (Phi) is 19.1. The molecule has 6 heteroatoms. The quantitative estimate of drug-likeness (QED) is 0.0654. The van der Waals surface area contributed by atoms with Crippen molar-refractivity contribution in [3.63, 3.8) is 0 Å². The Balaban J connectivity index is 3.05. The van der Waals surface area contributed by atoms with Crippen molar-refractivity contribution in [1.29, 1.82) is 5.26 Å². The third-order valence-corrected chi connectivity index (χ3v) is 8.05. The normalized spacial score (nSPS) is 20.1.